The molecule has 17 heavy (non-hydrogen) atoms. The third kappa shape index (κ3) is 4.66. The molecule has 3 nitrogen and oxygen atoms in total. The first-order valence-corrected chi connectivity index (χ1v) is 7.06. The maximum atomic E-state index is 10.4. The number of carboxylic acids is 1. The van der Waals surface area contributed by atoms with Crippen LogP contribution in [0.2, 0.25) is 0 Å². The van der Waals surface area contributed by atoms with Crippen molar-refractivity contribution in [1.29, 1.82) is 0 Å². The van der Waals surface area contributed by atoms with Gasteiger partial charge in [-0.05, 0) is 50.6 Å². The smallest absolute Gasteiger partial charge is 0.303 e. The standard InChI is InChI=1S/C14H27NO2/c1-3-14(4-2)9-11-15(12-14)10-7-5-6-8-13(16)17/h3-12H2,1-2H3,(H,16,17). The second-order valence-corrected chi connectivity index (χ2v) is 5.44. The molecule has 0 aromatic heterocycles. The van der Waals surface area contributed by atoms with Gasteiger partial charge in [-0.15, -0.1) is 0 Å². The second kappa shape index (κ2) is 7.00. The molecule has 0 bridgehead atoms. The topological polar surface area (TPSA) is 40.5 Å². The Hall–Kier alpha value is -0.570. The van der Waals surface area contributed by atoms with Gasteiger partial charge in [-0.3, -0.25) is 4.79 Å². The van der Waals surface area contributed by atoms with Crippen LogP contribution in [0.25, 0.3) is 0 Å². The van der Waals surface area contributed by atoms with E-state index in [1.807, 2.05) is 0 Å². The molecule has 0 unspecified atom stereocenters. The van der Waals surface area contributed by atoms with Gasteiger partial charge in [-0.2, -0.15) is 0 Å². The van der Waals surface area contributed by atoms with Crippen molar-refractivity contribution >= 4 is 5.97 Å². The number of unbranched alkanes of at least 4 members (excludes halogenated alkanes) is 2. The number of carbonyl (C=O) groups is 1. The van der Waals surface area contributed by atoms with E-state index in [9.17, 15) is 4.79 Å². The third-order valence-electron chi connectivity index (χ3n) is 4.38. The van der Waals surface area contributed by atoms with Gasteiger partial charge in [0.05, 0.1) is 0 Å². The molecule has 0 aliphatic carbocycles. The molecule has 0 saturated carbocycles. The molecule has 0 aromatic carbocycles. The minimum atomic E-state index is -0.665. The molecule has 100 valence electrons. The largest absolute Gasteiger partial charge is 0.481 e. The minimum Gasteiger partial charge on any atom is -0.481 e. The van der Waals surface area contributed by atoms with Crippen LogP contribution in [0.1, 0.15) is 58.8 Å². The van der Waals surface area contributed by atoms with Crippen molar-refractivity contribution in [1.82, 2.24) is 4.90 Å². The van der Waals surface area contributed by atoms with Crippen LogP contribution < -0.4 is 0 Å². The molecule has 1 heterocycles. The summed E-state index contributed by atoms with van der Waals surface area (Å²) in [5.74, 6) is -0.665. The fourth-order valence-corrected chi connectivity index (χ4v) is 2.83. The molecular formula is C14H27NO2. The molecule has 1 aliphatic rings. The Morgan fingerprint density at radius 2 is 1.94 bits per heavy atom. The summed E-state index contributed by atoms with van der Waals surface area (Å²) in [6.07, 6.45) is 7.28. The fourth-order valence-electron chi connectivity index (χ4n) is 2.83. The minimum absolute atomic E-state index is 0.327. The van der Waals surface area contributed by atoms with Gasteiger partial charge in [0.1, 0.15) is 0 Å². The maximum absolute atomic E-state index is 10.4. The van der Waals surface area contributed by atoms with Crippen LogP contribution in [0.4, 0.5) is 0 Å². The molecular weight excluding hydrogens is 214 g/mol. The number of hydrogen-bond donors (Lipinski definition) is 1. The fraction of sp³-hybridized carbons (Fsp3) is 0.929. The van der Waals surface area contributed by atoms with E-state index in [2.05, 4.69) is 18.7 Å². The van der Waals surface area contributed by atoms with E-state index in [1.165, 1.54) is 32.4 Å². The first-order chi connectivity index (χ1) is 8.12. The normalized spacial score (nSPS) is 19.6. The molecule has 3 heteroatoms. The van der Waals surface area contributed by atoms with Crippen molar-refractivity contribution < 1.29 is 9.90 Å². The van der Waals surface area contributed by atoms with Gasteiger partial charge in [0.15, 0.2) is 0 Å². The van der Waals surface area contributed by atoms with Crippen molar-refractivity contribution in [2.24, 2.45) is 5.41 Å². The molecule has 1 N–H and O–H groups in total. The molecule has 1 aliphatic heterocycles. The predicted molar refractivity (Wildman–Crippen MR) is 70.2 cm³/mol. The first-order valence-electron chi connectivity index (χ1n) is 7.06. The Kier molecular flexibility index (Phi) is 5.96. The van der Waals surface area contributed by atoms with Crippen LogP contribution in [0.15, 0.2) is 0 Å². The van der Waals surface area contributed by atoms with E-state index in [1.54, 1.807) is 0 Å². The Labute approximate surface area is 105 Å². The highest BCUT2D eigenvalue weighted by Crippen LogP contribution is 2.36. The lowest BCUT2D eigenvalue weighted by Gasteiger charge is -2.26. The van der Waals surface area contributed by atoms with Crippen molar-refractivity contribution in [3.8, 4) is 0 Å². The average Bonchev–Trinajstić information content (AvgIpc) is 2.73. The lowest BCUT2D eigenvalue weighted by molar-refractivity contribution is -0.137. The Balaban J connectivity index is 2.11. The molecule has 1 saturated heterocycles. The zero-order valence-corrected chi connectivity index (χ0v) is 11.4. The highest BCUT2D eigenvalue weighted by atomic mass is 16.4. The van der Waals surface area contributed by atoms with E-state index in [4.69, 9.17) is 5.11 Å². The molecule has 0 spiro atoms. The van der Waals surface area contributed by atoms with Crippen molar-refractivity contribution in [2.75, 3.05) is 19.6 Å². The van der Waals surface area contributed by atoms with Crippen LogP contribution in [-0.4, -0.2) is 35.6 Å². The van der Waals surface area contributed by atoms with Crippen LogP contribution in [0, 0.1) is 5.41 Å². The molecule has 0 amide bonds. The number of aliphatic carboxylic acids is 1. The SMILES string of the molecule is CCC1(CC)CCN(CCCCCC(=O)O)C1. The Morgan fingerprint density at radius 3 is 2.47 bits per heavy atom. The highest BCUT2D eigenvalue weighted by molar-refractivity contribution is 5.66. The van der Waals surface area contributed by atoms with Gasteiger partial charge < -0.3 is 10.0 Å². The molecule has 0 radical (unpaired) electrons. The summed E-state index contributed by atoms with van der Waals surface area (Å²) in [6, 6.07) is 0. The van der Waals surface area contributed by atoms with Crippen LogP contribution in [0.3, 0.4) is 0 Å². The quantitative estimate of drug-likeness (QED) is 0.664. The van der Waals surface area contributed by atoms with Gasteiger partial charge in [0.2, 0.25) is 0 Å². The first kappa shape index (κ1) is 14.5. The Bertz CT molecular complexity index is 236. The van der Waals surface area contributed by atoms with Gasteiger partial charge in [-0.25, -0.2) is 0 Å². The zero-order chi connectivity index (χ0) is 12.7. The van der Waals surface area contributed by atoms with Crippen LogP contribution in [0.5, 0.6) is 0 Å². The van der Waals surface area contributed by atoms with Gasteiger partial charge in [0, 0.05) is 13.0 Å². The summed E-state index contributed by atoms with van der Waals surface area (Å²) in [5.41, 5.74) is 0.571. The predicted octanol–water partition coefficient (Wildman–Crippen LogP) is 3.14. The second-order valence-electron chi connectivity index (χ2n) is 5.44. The number of hydrogen-bond acceptors (Lipinski definition) is 2. The molecule has 0 atom stereocenters. The molecule has 1 fully saturated rings. The summed E-state index contributed by atoms with van der Waals surface area (Å²) >= 11 is 0. The van der Waals surface area contributed by atoms with Gasteiger partial charge in [-0.1, -0.05) is 20.3 Å². The summed E-state index contributed by atoms with van der Waals surface area (Å²) in [4.78, 5) is 12.9. The number of carboxylic acid groups (broad SMARTS) is 1. The van der Waals surface area contributed by atoms with Crippen molar-refractivity contribution in [3.05, 3.63) is 0 Å². The van der Waals surface area contributed by atoms with Gasteiger partial charge in [0.25, 0.3) is 0 Å². The summed E-state index contributed by atoms with van der Waals surface area (Å²) in [6.45, 7) is 8.25. The summed E-state index contributed by atoms with van der Waals surface area (Å²) < 4.78 is 0. The van der Waals surface area contributed by atoms with E-state index >= 15 is 0 Å². The average molecular weight is 241 g/mol. The van der Waals surface area contributed by atoms with Crippen molar-refractivity contribution in [3.63, 3.8) is 0 Å². The number of nitrogens with zero attached hydrogens (tertiary/aromatic N) is 1. The van der Waals surface area contributed by atoms with E-state index in [-0.39, 0.29) is 0 Å². The summed E-state index contributed by atoms with van der Waals surface area (Å²) in [7, 11) is 0. The number of rotatable bonds is 8. The molecule has 1 rings (SSSR count). The van der Waals surface area contributed by atoms with E-state index in [0.29, 0.717) is 11.8 Å². The highest BCUT2D eigenvalue weighted by Gasteiger charge is 2.34. The van der Waals surface area contributed by atoms with Gasteiger partial charge >= 0.3 is 5.97 Å². The number of likely N-dealkylation sites (tertiary alicyclic amines) is 1. The lowest BCUT2D eigenvalue weighted by atomic mass is 9.82. The van der Waals surface area contributed by atoms with Crippen molar-refractivity contribution in [2.45, 2.75) is 58.8 Å². The maximum Gasteiger partial charge on any atom is 0.303 e. The lowest BCUT2D eigenvalue weighted by Crippen LogP contribution is -2.27. The molecule has 0 aromatic rings. The van der Waals surface area contributed by atoms with E-state index in [0.717, 1.165) is 25.8 Å². The van der Waals surface area contributed by atoms with Crippen LogP contribution in [-0.2, 0) is 4.79 Å². The summed E-state index contributed by atoms with van der Waals surface area (Å²) in [5, 5.41) is 8.55. The van der Waals surface area contributed by atoms with Crippen LogP contribution >= 0.6 is 0 Å². The monoisotopic (exact) mass is 241 g/mol. The van der Waals surface area contributed by atoms with E-state index < -0.39 is 5.97 Å². The zero-order valence-electron chi connectivity index (χ0n) is 11.4. The Morgan fingerprint density at radius 1 is 1.24 bits per heavy atom. The third-order valence-corrected chi connectivity index (χ3v) is 4.38.